The number of morpholine rings is 1. The summed E-state index contributed by atoms with van der Waals surface area (Å²) in [5, 5.41) is 7.63. The third kappa shape index (κ3) is 5.32. The number of amidine groups is 1. The number of rotatable bonds is 4. The van der Waals surface area contributed by atoms with Gasteiger partial charge in [-0.3, -0.25) is 5.41 Å². The first-order valence-corrected chi connectivity index (χ1v) is 5.03. The molecule has 0 amide bonds. The first-order chi connectivity index (χ1) is 7.49. The lowest BCUT2D eigenvalue weighted by Gasteiger charge is -2.29. The molecular formula is C9H15F3N2O2. The number of hydrogen-bond donors (Lipinski definition) is 1. The molecule has 0 radical (unpaired) electrons. The first-order valence-electron chi connectivity index (χ1n) is 5.03. The smallest absolute Gasteiger partial charge is 0.378 e. The molecule has 0 aromatic carbocycles. The maximum atomic E-state index is 11.7. The lowest BCUT2D eigenvalue weighted by atomic mass is 10.3. The van der Waals surface area contributed by atoms with Crippen LogP contribution in [-0.2, 0) is 9.47 Å². The van der Waals surface area contributed by atoms with Crippen LogP contribution in [0.4, 0.5) is 13.2 Å². The monoisotopic (exact) mass is 240 g/mol. The normalized spacial score (nSPS) is 17.6. The highest BCUT2D eigenvalue weighted by molar-refractivity contribution is 5.79. The largest absolute Gasteiger partial charge is 0.411 e. The summed E-state index contributed by atoms with van der Waals surface area (Å²) in [7, 11) is 0. The number of alkyl halides is 3. The van der Waals surface area contributed by atoms with Crippen LogP contribution < -0.4 is 0 Å². The Morgan fingerprint density at radius 3 is 2.50 bits per heavy atom. The molecule has 0 unspecified atom stereocenters. The molecule has 0 aliphatic carbocycles. The van der Waals surface area contributed by atoms with Crippen LogP contribution in [0.25, 0.3) is 0 Å². The highest BCUT2D eigenvalue weighted by Crippen LogP contribution is 2.14. The standard InChI is InChI=1S/C9H15F3N2O2/c10-9(11,12)7-16-4-1-8(13)14-2-5-15-6-3-14/h13H,1-7H2. The average molecular weight is 240 g/mol. The van der Waals surface area contributed by atoms with Crippen LogP contribution >= 0.6 is 0 Å². The van der Waals surface area contributed by atoms with Crippen molar-refractivity contribution in [2.24, 2.45) is 0 Å². The molecule has 4 nitrogen and oxygen atoms in total. The van der Waals surface area contributed by atoms with E-state index in [1.807, 2.05) is 0 Å². The number of hydrogen-bond acceptors (Lipinski definition) is 3. The molecule has 0 aromatic rings. The zero-order valence-corrected chi connectivity index (χ0v) is 8.85. The lowest BCUT2D eigenvalue weighted by molar-refractivity contribution is -0.173. The quantitative estimate of drug-likeness (QED) is 0.457. The van der Waals surface area contributed by atoms with Crippen LogP contribution in [0.15, 0.2) is 0 Å². The van der Waals surface area contributed by atoms with Gasteiger partial charge < -0.3 is 14.4 Å². The predicted molar refractivity (Wildman–Crippen MR) is 51.6 cm³/mol. The van der Waals surface area contributed by atoms with Gasteiger partial charge >= 0.3 is 6.18 Å². The van der Waals surface area contributed by atoms with E-state index >= 15 is 0 Å². The second-order valence-corrected chi connectivity index (χ2v) is 3.46. The van der Waals surface area contributed by atoms with Gasteiger partial charge in [-0.05, 0) is 0 Å². The van der Waals surface area contributed by atoms with Gasteiger partial charge in [0, 0.05) is 19.5 Å². The van der Waals surface area contributed by atoms with Crippen molar-refractivity contribution in [3.05, 3.63) is 0 Å². The molecule has 1 aliphatic rings. The van der Waals surface area contributed by atoms with E-state index in [0.29, 0.717) is 32.1 Å². The number of nitrogens with zero attached hydrogens (tertiary/aromatic N) is 1. The van der Waals surface area contributed by atoms with E-state index in [1.165, 1.54) is 0 Å². The molecule has 1 heterocycles. The molecule has 0 spiro atoms. The summed E-state index contributed by atoms with van der Waals surface area (Å²) in [4.78, 5) is 1.79. The summed E-state index contributed by atoms with van der Waals surface area (Å²) in [6.07, 6.45) is -4.09. The Hall–Kier alpha value is -0.820. The third-order valence-corrected chi connectivity index (χ3v) is 2.14. The maximum absolute atomic E-state index is 11.7. The Morgan fingerprint density at radius 2 is 1.94 bits per heavy atom. The van der Waals surface area contributed by atoms with Crippen LogP contribution in [0.1, 0.15) is 6.42 Å². The minimum Gasteiger partial charge on any atom is -0.378 e. The Labute approximate surface area is 91.8 Å². The molecule has 16 heavy (non-hydrogen) atoms. The Morgan fingerprint density at radius 1 is 1.31 bits per heavy atom. The van der Waals surface area contributed by atoms with Crippen molar-refractivity contribution in [2.75, 3.05) is 39.5 Å². The SMILES string of the molecule is N=C(CCOCC(F)(F)F)N1CCOCC1. The van der Waals surface area contributed by atoms with Crippen LogP contribution in [0, 0.1) is 5.41 Å². The Bertz CT molecular complexity index is 227. The molecule has 0 aromatic heterocycles. The van der Waals surface area contributed by atoms with Crippen molar-refractivity contribution >= 4 is 5.84 Å². The fourth-order valence-corrected chi connectivity index (χ4v) is 1.35. The molecule has 1 aliphatic heterocycles. The summed E-state index contributed by atoms with van der Waals surface area (Å²) in [5.74, 6) is 0.311. The first kappa shape index (κ1) is 13.2. The van der Waals surface area contributed by atoms with Crippen molar-refractivity contribution < 1.29 is 22.6 Å². The van der Waals surface area contributed by atoms with Crippen molar-refractivity contribution in [3.8, 4) is 0 Å². The molecular weight excluding hydrogens is 225 g/mol. The second kappa shape index (κ2) is 6.05. The van der Waals surface area contributed by atoms with Gasteiger partial charge in [0.1, 0.15) is 6.61 Å². The van der Waals surface area contributed by atoms with Gasteiger partial charge in [0.25, 0.3) is 0 Å². The minimum absolute atomic E-state index is 0.0737. The van der Waals surface area contributed by atoms with Crippen LogP contribution in [0.3, 0.4) is 0 Å². The third-order valence-electron chi connectivity index (χ3n) is 2.14. The molecule has 7 heteroatoms. The Balaban J connectivity index is 2.10. The number of halogens is 3. The fourth-order valence-electron chi connectivity index (χ4n) is 1.35. The minimum atomic E-state index is -4.29. The summed E-state index contributed by atoms with van der Waals surface area (Å²) < 4.78 is 44.7. The van der Waals surface area contributed by atoms with Crippen LogP contribution in [0.5, 0.6) is 0 Å². The van der Waals surface area contributed by atoms with E-state index in [4.69, 9.17) is 10.1 Å². The maximum Gasteiger partial charge on any atom is 0.411 e. The van der Waals surface area contributed by atoms with Gasteiger partial charge in [-0.2, -0.15) is 13.2 Å². The number of nitrogens with one attached hydrogen (secondary N) is 1. The fraction of sp³-hybridized carbons (Fsp3) is 0.889. The number of ether oxygens (including phenoxy) is 2. The highest BCUT2D eigenvalue weighted by atomic mass is 19.4. The topological polar surface area (TPSA) is 45.5 Å². The van der Waals surface area contributed by atoms with E-state index in [-0.39, 0.29) is 13.0 Å². The highest BCUT2D eigenvalue weighted by Gasteiger charge is 2.27. The van der Waals surface area contributed by atoms with Crippen LogP contribution in [-0.4, -0.2) is 56.4 Å². The summed E-state index contributed by atoms with van der Waals surface area (Å²) >= 11 is 0. The van der Waals surface area contributed by atoms with E-state index in [1.54, 1.807) is 4.90 Å². The van der Waals surface area contributed by atoms with Gasteiger partial charge in [-0.25, -0.2) is 0 Å². The lowest BCUT2D eigenvalue weighted by Crippen LogP contribution is -2.40. The van der Waals surface area contributed by atoms with Crippen molar-refractivity contribution in [1.82, 2.24) is 4.90 Å². The molecule has 0 saturated carbocycles. The van der Waals surface area contributed by atoms with E-state index in [9.17, 15) is 13.2 Å². The second-order valence-electron chi connectivity index (χ2n) is 3.46. The van der Waals surface area contributed by atoms with E-state index in [2.05, 4.69) is 4.74 Å². The average Bonchev–Trinajstić information content (AvgIpc) is 2.24. The Kier molecular flexibility index (Phi) is 5.01. The van der Waals surface area contributed by atoms with Gasteiger partial charge in [0.05, 0.1) is 25.7 Å². The molecule has 1 fully saturated rings. The molecule has 0 atom stereocenters. The predicted octanol–water partition coefficient (Wildman–Crippen LogP) is 1.26. The van der Waals surface area contributed by atoms with Gasteiger partial charge in [-0.1, -0.05) is 0 Å². The molecule has 1 saturated heterocycles. The van der Waals surface area contributed by atoms with Gasteiger partial charge in [-0.15, -0.1) is 0 Å². The molecule has 1 N–H and O–H groups in total. The molecule has 94 valence electrons. The van der Waals surface area contributed by atoms with E-state index < -0.39 is 12.8 Å². The van der Waals surface area contributed by atoms with Crippen LogP contribution in [0.2, 0.25) is 0 Å². The van der Waals surface area contributed by atoms with Gasteiger partial charge in [0.2, 0.25) is 0 Å². The molecule has 1 rings (SSSR count). The summed E-state index contributed by atoms with van der Waals surface area (Å²) in [6, 6.07) is 0. The zero-order valence-electron chi connectivity index (χ0n) is 8.85. The summed E-state index contributed by atoms with van der Waals surface area (Å²) in [6.45, 7) is 1.05. The summed E-state index contributed by atoms with van der Waals surface area (Å²) in [5.41, 5.74) is 0. The van der Waals surface area contributed by atoms with E-state index in [0.717, 1.165) is 0 Å². The van der Waals surface area contributed by atoms with Crippen molar-refractivity contribution in [3.63, 3.8) is 0 Å². The van der Waals surface area contributed by atoms with Gasteiger partial charge in [0.15, 0.2) is 0 Å². The molecule has 0 bridgehead atoms. The van der Waals surface area contributed by atoms with Crippen molar-refractivity contribution in [1.29, 1.82) is 5.41 Å². The van der Waals surface area contributed by atoms with Crippen molar-refractivity contribution in [2.45, 2.75) is 12.6 Å². The zero-order chi connectivity index (χ0) is 12.0.